The van der Waals surface area contributed by atoms with E-state index in [1.165, 1.54) is 19.2 Å². The van der Waals surface area contributed by atoms with E-state index in [2.05, 4.69) is 21.2 Å². The predicted octanol–water partition coefficient (Wildman–Crippen LogP) is 3.62. The first-order chi connectivity index (χ1) is 9.99. The van der Waals surface area contributed by atoms with Gasteiger partial charge in [-0.15, -0.1) is 0 Å². The Morgan fingerprint density at radius 2 is 1.95 bits per heavy atom. The third-order valence-corrected chi connectivity index (χ3v) is 3.36. The number of halogens is 2. The fourth-order valence-corrected chi connectivity index (χ4v) is 2.14. The van der Waals surface area contributed by atoms with Crippen LogP contribution in [-0.2, 0) is 9.53 Å². The quantitative estimate of drug-likeness (QED) is 0.824. The monoisotopic (exact) mass is 353 g/mol. The number of anilines is 1. The molecular formula is C15H13BrFNO3. The minimum absolute atomic E-state index is 0.253. The summed E-state index contributed by atoms with van der Waals surface area (Å²) in [5.74, 6) is -1.46. The van der Waals surface area contributed by atoms with Crippen LogP contribution in [0.3, 0.4) is 0 Å². The van der Waals surface area contributed by atoms with E-state index in [4.69, 9.17) is 4.74 Å². The molecule has 1 atom stereocenters. The smallest absolute Gasteiger partial charge is 0.332 e. The lowest BCUT2D eigenvalue weighted by atomic mass is 10.1. The van der Waals surface area contributed by atoms with Crippen LogP contribution in [-0.4, -0.2) is 18.2 Å². The Hall–Kier alpha value is -2.08. The second-order valence-corrected chi connectivity index (χ2v) is 5.27. The van der Waals surface area contributed by atoms with E-state index in [0.29, 0.717) is 5.69 Å². The molecule has 2 N–H and O–H groups in total. The lowest BCUT2D eigenvalue weighted by Crippen LogP contribution is -2.22. The normalized spacial score (nSPS) is 11.8. The standard InChI is InChI=1S/C15H13BrFNO3/c1-21-15(20)14(9-6-11(17)8-13(19)7-9)18-12-4-2-10(16)3-5-12/h2-8,14,18-19H,1H3. The van der Waals surface area contributed by atoms with Gasteiger partial charge in [0, 0.05) is 16.2 Å². The van der Waals surface area contributed by atoms with Crippen LogP contribution in [0.1, 0.15) is 11.6 Å². The minimum Gasteiger partial charge on any atom is -0.508 e. The molecule has 0 spiro atoms. The average Bonchev–Trinajstić information content (AvgIpc) is 2.44. The number of phenolic OH excluding ortho intramolecular Hbond substituents is 1. The number of carbonyl (C=O) groups excluding carboxylic acids is 1. The number of rotatable bonds is 4. The van der Waals surface area contributed by atoms with Crippen LogP contribution in [0, 0.1) is 5.82 Å². The van der Waals surface area contributed by atoms with Crippen molar-refractivity contribution in [2.24, 2.45) is 0 Å². The highest BCUT2D eigenvalue weighted by Gasteiger charge is 2.22. The van der Waals surface area contributed by atoms with Gasteiger partial charge in [0.05, 0.1) is 7.11 Å². The van der Waals surface area contributed by atoms with Gasteiger partial charge in [-0.1, -0.05) is 15.9 Å². The molecule has 0 saturated heterocycles. The molecule has 0 bridgehead atoms. The van der Waals surface area contributed by atoms with E-state index in [9.17, 15) is 14.3 Å². The van der Waals surface area contributed by atoms with Crippen LogP contribution < -0.4 is 5.32 Å². The van der Waals surface area contributed by atoms with Crippen molar-refractivity contribution < 1.29 is 19.0 Å². The number of esters is 1. The Kier molecular flexibility index (Phi) is 4.80. The van der Waals surface area contributed by atoms with Gasteiger partial charge in [0.25, 0.3) is 0 Å². The van der Waals surface area contributed by atoms with Gasteiger partial charge >= 0.3 is 5.97 Å². The van der Waals surface area contributed by atoms with Gasteiger partial charge in [0.2, 0.25) is 0 Å². The summed E-state index contributed by atoms with van der Waals surface area (Å²) in [4.78, 5) is 11.9. The van der Waals surface area contributed by atoms with Crippen molar-refractivity contribution in [3.05, 3.63) is 58.3 Å². The zero-order valence-electron chi connectivity index (χ0n) is 11.1. The van der Waals surface area contributed by atoms with Crippen LogP contribution in [0.25, 0.3) is 0 Å². The molecule has 2 rings (SSSR count). The molecule has 0 saturated carbocycles. The minimum atomic E-state index is -0.919. The summed E-state index contributed by atoms with van der Waals surface area (Å²) in [5.41, 5.74) is 0.944. The fourth-order valence-electron chi connectivity index (χ4n) is 1.87. The number of phenols is 1. The molecular weight excluding hydrogens is 341 g/mol. The molecule has 4 nitrogen and oxygen atoms in total. The van der Waals surface area contributed by atoms with E-state index in [1.54, 1.807) is 24.3 Å². The Labute approximate surface area is 129 Å². The molecule has 0 aliphatic heterocycles. The number of ether oxygens (including phenoxy) is 1. The highest BCUT2D eigenvalue weighted by molar-refractivity contribution is 9.10. The predicted molar refractivity (Wildman–Crippen MR) is 80.6 cm³/mol. The third kappa shape index (κ3) is 3.95. The van der Waals surface area contributed by atoms with Crippen molar-refractivity contribution in [2.75, 3.05) is 12.4 Å². The van der Waals surface area contributed by atoms with Crippen LogP contribution in [0.15, 0.2) is 46.9 Å². The van der Waals surface area contributed by atoms with Gasteiger partial charge in [0.15, 0.2) is 6.04 Å². The van der Waals surface area contributed by atoms with Gasteiger partial charge < -0.3 is 15.2 Å². The Balaban J connectivity index is 2.34. The summed E-state index contributed by atoms with van der Waals surface area (Å²) >= 11 is 3.32. The number of nitrogens with one attached hydrogen (secondary N) is 1. The topological polar surface area (TPSA) is 58.6 Å². The van der Waals surface area contributed by atoms with Crippen molar-refractivity contribution >= 4 is 27.6 Å². The lowest BCUT2D eigenvalue weighted by molar-refractivity contribution is -0.141. The van der Waals surface area contributed by atoms with Gasteiger partial charge in [-0.05, 0) is 42.0 Å². The molecule has 1 unspecified atom stereocenters. The molecule has 110 valence electrons. The molecule has 0 fully saturated rings. The fraction of sp³-hybridized carbons (Fsp3) is 0.133. The number of benzene rings is 2. The summed E-state index contributed by atoms with van der Waals surface area (Å²) < 4.78 is 19.0. The zero-order chi connectivity index (χ0) is 15.4. The van der Waals surface area contributed by atoms with Crippen molar-refractivity contribution in [3.63, 3.8) is 0 Å². The lowest BCUT2D eigenvalue weighted by Gasteiger charge is -2.18. The largest absolute Gasteiger partial charge is 0.508 e. The number of methoxy groups -OCH3 is 1. The SMILES string of the molecule is COC(=O)C(Nc1ccc(Br)cc1)c1cc(O)cc(F)c1. The first-order valence-corrected chi connectivity index (χ1v) is 6.88. The highest BCUT2D eigenvalue weighted by Crippen LogP contribution is 2.26. The molecule has 21 heavy (non-hydrogen) atoms. The Bertz CT molecular complexity index is 626. The molecule has 2 aromatic rings. The molecule has 0 heterocycles. The highest BCUT2D eigenvalue weighted by atomic mass is 79.9. The van der Waals surface area contributed by atoms with E-state index < -0.39 is 17.8 Å². The number of hydrogen-bond donors (Lipinski definition) is 2. The first-order valence-electron chi connectivity index (χ1n) is 6.09. The zero-order valence-corrected chi connectivity index (χ0v) is 12.7. The maximum atomic E-state index is 13.4. The summed E-state index contributed by atoms with van der Waals surface area (Å²) in [7, 11) is 1.25. The van der Waals surface area contributed by atoms with Gasteiger partial charge in [-0.25, -0.2) is 9.18 Å². The molecule has 0 amide bonds. The van der Waals surface area contributed by atoms with Crippen LogP contribution in [0.5, 0.6) is 5.75 Å². The molecule has 6 heteroatoms. The van der Waals surface area contributed by atoms with E-state index >= 15 is 0 Å². The van der Waals surface area contributed by atoms with Gasteiger partial charge in [-0.3, -0.25) is 0 Å². The third-order valence-electron chi connectivity index (χ3n) is 2.83. The molecule has 2 aromatic carbocycles. The van der Waals surface area contributed by atoms with Crippen LogP contribution in [0.4, 0.5) is 10.1 Å². The molecule has 0 radical (unpaired) electrons. The maximum absolute atomic E-state index is 13.4. The van der Waals surface area contributed by atoms with Crippen LogP contribution >= 0.6 is 15.9 Å². The number of hydrogen-bond acceptors (Lipinski definition) is 4. The van der Waals surface area contributed by atoms with E-state index in [-0.39, 0.29) is 11.3 Å². The second kappa shape index (κ2) is 6.58. The summed E-state index contributed by atoms with van der Waals surface area (Å²) in [6.45, 7) is 0. The van der Waals surface area contributed by atoms with Crippen molar-refractivity contribution in [3.8, 4) is 5.75 Å². The van der Waals surface area contributed by atoms with Crippen LogP contribution in [0.2, 0.25) is 0 Å². The molecule has 0 aliphatic rings. The Morgan fingerprint density at radius 3 is 2.52 bits per heavy atom. The van der Waals surface area contributed by atoms with Crippen molar-refractivity contribution in [2.45, 2.75) is 6.04 Å². The van der Waals surface area contributed by atoms with Crippen molar-refractivity contribution in [1.82, 2.24) is 0 Å². The Morgan fingerprint density at radius 1 is 1.29 bits per heavy atom. The number of carbonyl (C=O) groups is 1. The molecule has 0 aromatic heterocycles. The van der Waals surface area contributed by atoms with E-state index in [0.717, 1.165) is 10.5 Å². The van der Waals surface area contributed by atoms with Gasteiger partial charge in [0.1, 0.15) is 11.6 Å². The van der Waals surface area contributed by atoms with E-state index in [1.807, 2.05) is 0 Å². The second-order valence-electron chi connectivity index (χ2n) is 4.35. The molecule has 0 aliphatic carbocycles. The summed E-state index contributed by atoms with van der Waals surface area (Å²) in [5, 5.41) is 12.4. The number of aromatic hydroxyl groups is 1. The van der Waals surface area contributed by atoms with Crippen molar-refractivity contribution in [1.29, 1.82) is 0 Å². The van der Waals surface area contributed by atoms with Gasteiger partial charge in [-0.2, -0.15) is 0 Å². The first kappa shape index (κ1) is 15.3. The summed E-state index contributed by atoms with van der Waals surface area (Å²) in [6, 6.07) is 9.68. The maximum Gasteiger partial charge on any atom is 0.332 e. The summed E-state index contributed by atoms with van der Waals surface area (Å²) in [6.07, 6.45) is 0. The average molecular weight is 354 g/mol.